The first kappa shape index (κ1) is 9.35. The first-order valence-electron chi connectivity index (χ1n) is 4.63. The average molecular weight is 234 g/mol. The standard InChI is InChI=1S/C11H7FN2OS/c12-7-1-2-9-6(3-7)4-10(16-9)11-8(13)5-14-15-11/h1-5H,13H2. The summed E-state index contributed by atoms with van der Waals surface area (Å²) in [5, 5.41) is 4.46. The van der Waals surface area contributed by atoms with Crippen molar-refractivity contribution in [2.75, 3.05) is 5.73 Å². The Morgan fingerprint density at radius 1 is 1.31 bits per heavy atom. The van der Waals surface area contributed by atoms with Crippen LogP contribution in [0.5, 0.6) is 0 Å². The van der Waals surface area contributed by atoms with Crippen LogP contribution in [-0.2, 0) is 0 Å². The van der Waals surface area contributed by atoms with Crippen LogP contribution in [0.1, 0.15) is 0 Å². The van der Waals surface area contributed by atoms with Crippen molar-refractivity contribution in [2.45, 2.75) is 0 Å². The highest BCUT2D eigenvalue weighted by Gasteiger charge is 2.11. The fraction of sp³-hybridized carbons (Fsp3) is 0. The van der Waals surface area contributed by atoms with Crippen molar-refractivity contribution in [3.63, 3.8) is 0 Å². The Balaban J connectivity index is 2.23. The number of hydrogen-bond donors (Lipinski definition) is 1. The van der Waals surface area contributed by atoms with Gasteiger partial charge < -0.3 is 10.3 Å². The molecule has 3 aromatic rings. The molecule has 0 saturated heterocycles. The minimum absolute atomic E-state index is 0.248. The second kappa shape index (κ2) is 3.31. The normalized spacial score (nSPS) is 11.1. The van der Waals surface area contributed by atoms with Crippen LogP contribution >= 0.6 is 11.3 Å². The molecule has 0 spiro atoms. The zero-order valence-electron chi connectivity index (χ0n) is 8.11. The third-order valence-electron chi connectivity index (χ3n) is 2.30. The van der Waals surface area contributed by atoms with Crippen molar-refractivity contribution in [2.24, 2.45) is 0 Å². The lowest BCUT2D eigenvalue weighted by Crippen LogP contribution is -1.81. The molecule has 16 heavy (non-hydrogen) atoms. The molecule has 0 radical (unpaired) electrons. The number of nitrogens with zero attached hydrogens (tertiary/aromatic N) is 1. The zero-order valence-corrected chi connectivity index (χ0v) is 8.92. The number of hydrogen-bond acceptors (Lipinski definition) is 4. The van der Waals surface area contributed by atoms with Gasteiger partial charge in [-0.1, -0.05) is 5.16 Å². The van der Waals surface area contributed by atoms with Gasteiger partial charge in [0.25, 0.3) is 0 Å². The monoisotopic (exact) mass is 234 g/mol. The van der Waals surface area contributed by atoms with Crippen LogP contribution < -0.4 is 5.73 Å². The third-order valence-corrected chi connectivity index (χ3v) is 3.41. The van der Waals surface area contributed by atoms with Gasteiger partial charge in [0.05, 0.1) is 11.1 Å². The van der Waals surface area contributed by atoms with Gasteiger partial charge in [-0.15, -0.1) is 11.3 Å². The molecule has 3 nitrogen and oxygen atoms in total. The van der Waals surface area contributed by atoms with Crippen LogP contribution in [0, 0.1) is 5.82 Å². The molecule has 0 atom stereocenters. The van der Waals surface area contributed by atoms with Gasteiger partial charge in [0.2, 0.25) is 0 Å². The van der Waals surface area contributed by atoms with E-state index in [0.29, 0.717) is 11.4 Å². The second-order valence-corrected chi connectivity index (χ2v) is 4.49. The van der Waals surface area contributed by atoms with Crippen molar-refractivity contribution in [1.82, 2.24) is 5.16 Å². The second-order valence-electron chi connectivity index (χ2n) is 3.40. The van der Waals surface area contributed by atoms with Crippen LogP contribution in [0.15, 0.2) is 35.0 Å². The Kier molecular flexibility index (Phi) is 1.94. The van der Waals surface area contributed by atoms with E-state index in [1.807, 2.05) is 6.07 Å². The smallest absolute Gasteiger partial charge is 0.199 e. The molecule has 0 fully saturated rings. The van der Waals surface area contributed by atoms with E-state index in [9.17, 15) is 4.39 Å². The number of aromatic nitrogens is 1. The number of halogens is 1. The zero-order chi connectivity index (χ0) is 11.1. The van der Waals surface area contributed by atoms with E-state index in [-0.39, 0.29) is 5.82 Å². The van der Waals surface area contributed by atoms with Crippen molar-refractivity contribution in [1.29, 1.82) is 0 Å². The summed E-state index contributed by atoms with van der Waals surface area (Å²) in [7, 11) is 0. The van der Waals surface area contributed by atoms with E-state index in [0.717, 1.165) is 15.0 Å². The van der Waals surface area contributed by atoms with Crippen molar-refractivity contribution in [3.05, 3.63) is 36.3 Å². The highest BCUT2D eigenvalue weighted by Crippen LogP contribution is 2.36. The number of nitrogen functional groups attached to an aromatic ring is 1. The Labute approximate surface area is 94.3 Å². The van der Waals surface area contributed by atoms with E-state index < -0.39 is 0 Å². The molecule has 80 valence electrons. The van der Waals surface area contributed by atoms with Crippen LogP contribution in [0.3, 0.4) is 0 Å². The molecule has 5 heteroatoms. The average Bonchev–Trinajstić information content (AvgIpc) is 2.82. The maximum absolute atomic E-state index is 13.0. The van der Waals surface area contributed by atoms with Gasteiger partial charge in [0, 0.05) is 4.70 Å². The number of nitrogens with two attached hydrogens (primary N) is 1. The van der Waals surface area contributed by atoms with Gasteiger partial charge in [-0.2, -0.15) is 0 Å². The molecule has 0 aliphatic carbocycles. The van der Waals surface area contributed by atoms with Crippen LogP contribution in [0.25, 0.3) is 20.7 Å². The molecule has 0 unspecified atom stereocenters. The fourth-order valence-electron chi connectivity index (χ4n) is 1.56. The van der Waals surface area contributed by atoms with Gasteiger partial charge in [0.1, 0.15) is 11.5 Å². The number of benzene rings is 1. The molecular formula is C11H7FN2OS. The highest BCUT2D eigenvalue weighted by atomic mass is 32.1. The first-order valence-corrected chi connectivity index (χ1v) is 5.45. The lowest BCUT2D eigenvalue weighted by molar-refractivity contribution is 0.433. The number of fused-ring (bicyclic) bond motifs is 1. The van der Waals surface area contributed by atoms with Crippen LogP contribution in [-0.4, -0.2) is 5.16 Å². The molecule has 1 aromatic carbocycles. The molecular weight excluding hydrogens is 227 g/mol. The molecule has 2 heterocycles. The number of rotatable bonds is 1. The minimum Gasteiger partial charge on any atom is -0.394 e. The van der Waals surface area contributed by atoms with E-state index in [4.69, 9.17) is 10.3 Å². The van der Waals surface area contributed by atoms with E-state index in [1.165, 1.54) is 29.7 Å². The third kappa shape index (κ3) is 1.37. The Bertz CT molecular complexity index is 659. The Hall–Kier alpha value is -1.88. The summed E-state index contributed by atoms with van der Waals surface area (Å²) in [6, 6.07) is 6.51. The summed E-state index contributed by atoms with van der Waals surface area (Å²) in [4.78, 5) is 0.857. The molecule has 2 N–H and O–H groups in total. The summed E-state index contributed by atoms with van der Waals surface area (Å²) >= 11 is 1.50. The predicted octanol–water partition coefficient (Wildman–Crippen LogP) is 3.28. The van der Waals surface area contributed by atoms with E-state index >= 15 is 0 Å². The first-order chi connectivity index (χ1) is 7.74. The Morgan fingerprint density at radius 2 is 2.19 bits per heavy atom. The highest BCUT2D eigenvalue weighted by molar-refractivity contribution is 7.22. The van der Waals surface area contributed by atoms with Crippen LogP contribution in [0.2, 0.25) is 0 Å². The lowest BCUT2D eigenvalue weighted by Gasteiger charge is -1.88. The summed E-state index contributed by atoms with van der Waals surface area (Å²) in [6.45, 7) is 0. The molecule has 0 aliphatic heterocycles. The van der Waals surface area contributed by atoms with Gasteiger partial charge >= 0.3 is 0 Å². The summed E-state index contributed by atoms with van der Waals surface area (Å²) in [5.41, 5.74) is 6.19. The maximum Gasteiger partial charge on any atom is 0.199 e. The molecule has 2 aromatic heterocycles. The largest absolute Gasteiger partial charge is 0.394 e. The summed E-state index contributed by atoms with van der Waals surface area (Å²) in [5.74, 6) is 0.295. The topological polar surface area (TPSA) is 52.0 Å². The van der Waals surface area contributed by atoms with Gasteiger partial charge in [-0.25, -0.2) is 4.39 Å². The number of anilines is 1. The van der Waals surface area contributed by atoms with Crippen molar-refractivity contribution < 1.29 is 8.91 Å². The van der Waals surface area contributed by atoms with E-state index in [1.54, 1.807) is 6.07 Å². The molecule has 3 rings (SSSR count). The van der Waals surface area contributed by atoms with Crippen molar-refractivity contribution in [3.8, 4) is 10.6 Å². The lowest BCUT2D eigenvalue weighted by atomic mass is 10.2. The number of thiophene rings is 1. The fourth-order valence-corrected chi connectivity index (χ4v) is 2.60. The van der Waals surface area contributed by atoms with Gasteiger partial charge in [0.15, 0.2) is 5.76 Å². The Morgan fingerprint density at radius 3 is 2.94 bits per heavy atom. The summed E-state index contributed by atoms with van der Waals surface area (Å²) in [6.07, 6.45) is 1.46. The van der Waals surface area contributed by atoms with Crippen LogP contribution in [0.4, 0.5) is 10.1 Å². The molecule has 0 amide bonds. The molecule has 0 bridgehead atoms. The SMILES string of the molecule is Nc1cnoc1-c1cc2cc(F)ccc2s1. The van der Waals surface area contributed by atoms with E-state index in [2.05, 4.69) is 5.16 Å². The maximum atomic E-state index is 13.0. The molecule has 0 saturated carbocycles. The quantitative estimate of drug-likeness (QED) is 0.703. The predicted molar refractivity (Wildman–Crippen MR) is 61.7 cm³/mol. The van der Waals surface area contributed by atoms with Gasteiger partial charge in [-0.05, 0) is 29.7 Å². The molecule has 0 aliphatic rings. The summed E-state index contributed by atoms with van der Waals surface area (Å²) < 4.78 is 19.1. The minimum atomic E-state index is -0.248. The van der Waals surface area contributed by atoms with Gasteiger partial charge in [-0.3, -0.25) is 0 Å². The van der Waals surface area contributed by atoms with Crippen molar-refractivity contribution >= 4 is 27.1 Å².